The number of nitrogens with zero attached hydrogens (tertiary/aromatic N) is 1. The van der Waals surface area contributed by atoms with Gasteiger partial charge in [-0.2, -0.15) is 5.10 Å². The van der Waals surface area contributed by atoms with Gasteiger partial charge in [0, 0.05) is 0 Å². The highest BCUT2D eigenvalue weighted by Gasteiger charge is 2.14. The van der Waals surface area contributed by atoms with Crippen molar-refractivity contribution >= 4 is 45.4 Å². The summed E-state index contributed by atoms with van der Waals surface area (Å²) in [5.74, 6) is 0.440. The van der Waals surface area contributed by atoms with E-state index >= 15 is 0 Å². The van der Waals surface area contributed by atoms with Gasteiger partial charge < -0.3 is 19.9 Å². The van der Waals surface area contributed by atoms with Gasteiger partial charge >= 0.3 is 5.97 Å². The SMILES string of the molecule is CCOC(=O)COc1c(Br)cc(C=NNC(N)=S)cc1OCC. The molecule has 3 N–H and O–H groups in total. The third kappa shape index (κ3) is 6.83. The number of halogens is 1. The summed E-state index contributed by atoms with van der Waals surface area (Å²) in [6, 6.07) is 3.48. The molecule has 0 aromatic heterocycles. The molecule has 0 aliphatic heterocycles. The van der Waals surface area contributed by atoms with E-state index in [1.807, 2.05) is 6.92 Å². The molecular formula is C14H18BrN3O4S. The fourth-order valence-electron chi connectivity index (χ4n) is 1.57. The summed E-state index contributed by atoms with van der Waals surface area (Å²) < 4.78 is 16.5. The smallest absolute Gasteiger partial charge is 0.344 e. The van der Waals surface area contributed by atoms with Gasteiger partial charge in [0.05, 0.1) is 23.9 Å². The molecular weight excluding hydrogens is 386 g/mol. The number of benzene rings is 1. The minimum Gasteiger partial charge on any atom is -0.490 e. The Labute approximate surface area is 148 Å². The average molecular weight is 404 g/mol. The van der Waals surface area contributed by atoms with Gasteiger partial charge in [0.2, 0.25) is 0 Å². The Bertz CT molecular complexity index is 596. The van der Waals surface area contributed by atoms with Crippen molar-refractivity contribution in [1.82, 2.24) is 5.43 Å². The number of ether oxygens (including phenoxy) is 3. The van der Waals surface area contributed by atoms with Crippen molar-refractivity contribution in [2.45, 2.75) is 13.8 Å². The molecule has 126 valence electrons. The zero-order valence-corrected chi connectivity index (χ0v) is 15.2. The highest BCUT2D eigenvalue weighted by atomic mass is 79.9. The van der Waals surface area contributed by atoms with Gasteiger partial charge in [0.25, 0.3) is 0 Å². The number of nitrogens with one attached hydrogen (secondary N) is 1. The van der Waals surface area contributed by atoms with E-state index < -0.39 is 5.97 Å². The number of hydrazone groups is 1. The number of esters is 1. The van der Waals surface area contributed by atoms with E-state index in [4.69, 9.17) is 19.9 Å². The van der Waals surface area contributed by atoms with Crippen LogP contribution in [0.3, 0.4) is 0 Å². The second-order valence-corrected chi connectivity index (χ2v) is 5.39. The van der Waals surface area contributed by atoms with Crippen LogP contribution in [0.2, 0.25) is 0 Å². The van der Waals surface area contributed by atoms with Gasteiger partial charge in [-0.15, -0.1) is 0 Å². The van der Waals surface area contributed by atoms with Gasteiger partial charge in [0.15, 0.2) is 23.2 Å². The lowest BCUT2D eigenvalue weighted by Gasteiger charge is -2.14. The number of carbonyl (C=O) groups excluding carboxylic acids is 1. The Balaban J connectivity index is 2.94. The Morgan fingerprint density at radius 2 is 2.13 bits per heavy atom. The van der Waals surface area contributed by atoms with Crippen LogP contribution in [0.25, 0.3) is 0 Å². The topological polar surface area (TPSA) is 95.2 Å². The minimum atomic E-state index is -0.451. The molecule has 0 radical (unpaired) electrons. The molecule has 1 aromatic rings. The minimum absolute atomic E-state index is 0.0692. The number of thiocarbonyl (C=S) groups is 1. The van der Waals surface area contributed by atoms with Crippen molar-refractivity contribution in [2.75, 3.05) is 19.8 Å². The number of nitrogens with two attached hydrogens (primary N) is 1. The first-order chi connectivity index (χ1) is 11.0. The first-order valence-corrected chi connectivity index (χ1v) is 8.01. The molecule has 0 unspecified atom stereocenters. The maximum absolute atomic E-state index is 11.4. The van der Waals surface area contributed by atoms with E-state index in [1.165, 1.54) is 6.21 Å². The molecule has 0 amide bonds. The van der Waals surface area contributed by atoms with Crippen LogP contribution in [0.1, 0.15) is 19.4 Å². The summed E-state index contributed by atoms with van der Waals surface area (Å²) >= 11 is 8.05. The molecule has 1 aromatic carbocycles. The molecule has 0 aliphatic carbocycles. The quantitative estimate of drug-likeness (QED) is 0.296. The maximum Gasteiger partial charge on any atom is 0.344 e. The lowest BCUT2D eigenvalue weighted by molar-refractivity contribution is -0.145. The van der Waals surface area contributed by atoms with Crippen molar-refractivity contribution in [2.24, 2.45) is 10.8 Å². The van der Waals surface area contributed by atoms with E-state index in [1.54, 1.807) is 19.1 Å². The number of carbonyl (C=O) groups is 1. The normalized spacial score (nSPS) is 10.4. The predicted molar refractivity (Wildman–Crippen MR) is 95.0 cm³/mol. The fourth-order valence-corrected chi connectivity index (χ4v) is 2.20. The molecule has 0 spiro atoms. The summed E-state index contributed by atoms with van der Waals surface area (Å²) in [7, 11) is 0. The Morgan fingerprint density at radius 3 is 2.74 bits per heavy atom. The van der Waals surface area contributed by atoms with Gasteiger partial charge in [-0.25, -0.2) is 4.79 Å². The van der Waals surface area contributed by atoms with E-state index in [9.17, 15) is 4.79 Å². The van der Waals surface area contributed by atoms with E-state index in [0.29, 0.717) is 29.2 Å². The molecule has 1 rings (SSSR count). The van der Waals surface area contributed by atoms with Crippen LogP contribution in [0, 0.1) is 0 Å². The summed E-state index contributed by atoms with van der Waals surface area (Å²) in [5.41, 5.74) is 8.48. The Hall–Kier alpha value is -1.87. The van der Waals surface area contributed by atoms with Crippen LogP contribution in [0.4, 0.5) is 0 Å². The summed E-state index contributed by atoms with van der Waals surface area (Å²) in [5, 5.41) is 3.95. The number of rotatable bonds is 8. The standard InChI is InChI=1S/C14H18BrN3O4S/c1-3-20-11-6-9(7-17-18-14(16)23)5-10(15)13(11)22-8-12(19)21-4-2/h5-7H,3-4,8H2,1-2H3,(H3,16,18,23). The molecule has 0 heterocycles. The van der Waals surface area contributed by atoms with Crippen LogP contribution in [-0.2, 0) is 9.53 Å². The van der Waals surface area contributed by atoms with Crippen LogP contribution in [-0.4, -0.2) is 37.1 Å². The predicted octanol–water partition coefficient (Wildman–Crippen LogP) is 1.96. The van der Waals surface area contributed by atoms with Crippen molar-refractivity contribution in [1.29, 1.82) is 0 Å². The number of hydrogen-bond acceptors (Lipinski definition) is 6. The van der Waals surface area contributed by atoms with Crippen molar-refractivity contribution in [3.05, 3.63) is 22.2 Å². The van der Waals surface area contributed by atoms with Gasteiger partial charge in [-0.3, -0.25) is 5.43 Å². The van der Waals surface area contributed by atoms with E-state index in [-0.39, 0.29) is 11.7 Å². The third-order valence-electron chi connectivity index (χ3n) is 2.36. The first-order valence-electron chi connectivity index (χ1n) is 6.81. The van der Waals surface area contributed by atoms with Crippen molar-refractivity contribution in [3.8, 4) is 11.5 Å². The molecule has 0 atom stereocenters. The maximum atomic E-state index is 11.4. The average Bonchev–Trinajstić information content (AvgIpc) is 2.46. The largest absolute Gasteiger partial charge is 0.490 e. The van der Waals surface area contributed by atoms with Gasteiger partial charge in [0.1, 0.15) is 0 Å². The molecule has 0 saturated heterocycles. The molecule has 0 aliphatic rings. The lowest BCUT2D eigenvalue weighted by atomic mass is 10.2. The van der Waals surface area contributed by atoms with E-state index in [0.717, 1.165) is 5.56 Å². The van der Waals surface area contributed by atoms with Gasteiger partial charge in [-0.05, 0) is 59.7 Å². The van der Waals surface area contributed by atoms with Gasteiger partial charge in [-0.1, -0.05) is 0 Å². The molecule has 0 bridgehead atoms. The monoisotopic (exact) mass is 403 g/mol. The molecule has 0 fully saturated rings. The third-order valence-corrected chi connectivity index (χ3v) is 3.04. The second kappa shape index (κ2) is 10.0. The number of hydrogen-bond donors (Lipinski definition) is 2. The molecule has 7 nitrogen and oxygen atoms in total. The lowest BCUT2D eigenvalue weighted by Crippen LogP contribution is -2.24. The Morgan fingerprint density at radius 1 is 1.39 bits per heavy atom. The summed E-state index contributed by atoms with van der Waals surface area (Å²) in [6.45, 7) is 4.11. The zero-order valence-electron chi connectivity index (χ0n) is 12.8. The van der Waals surface area contributed by atoms with Crippen molar-refractivity contribution in [3.63, 3.8) is 0 Å². The van der Waals surface area contributed by atoms with Crippen LogP contribution >= 0.6 is 28.1 Å². The van der Waals surface area contributed by atoms with E-state index in [2.05, 4.69) is 38.7 Å². The summed E-state index contributed by atoms with van der Waals surface area (Å²) in [4.78, 5) is 11.4. The second-order valence-electron chi connectivity index (χ2n) is 4.09. The zero-order chi connectivity index (χ0) is 17.2. The first kappa shape index (κ1) is 19.2. The Kier molecular flexibility index (Phi) is 8.35. The summed E-state index contributed by atoms with van der Waals surface area (Å²) in [6.07, 6.45) is 1.53. The van der Waals surface area contributed by atoms with Crippen molar-refractivity contribution < 1.29 is 19.0 Å². The molecule has 0 saturated carbocycles. The van der Waals surface area contributed by atoms with Crippen LogP contribution < -0.4 is 20.6 Å². The highest BCUT2D eigenvalue weighted by molar-refractivity contribution is 9.10. The molecule has 9 heteroatoms. The highest BCUT2D eigenvalue weighted by Crippen LogP contribution is 2.36. The molecule has 23 heavy (non-hydrogen) atoms. The van der Waals surface area contributed by atoms with Crippen LogP contribution in [0.15, 0.2) is 21.7 Å². The van der Waals surface area contributed by atoms with Crippen LogP contribution in [0.5, 0.6) is 11.5 Å². The fraction of sp³-hybridized carbons (Fsp3) is 0.357.